The summed E-state index contributed by atoms with van der Waals surface area (Å²) in [6, 6.07) is 19.4. The maximum atomic E-state index is 12.3. The number of amidine groups is 1. The highest BCUT2D eigenvalue weighted by Crippen LogP contribution is 2.24. The Bertz CT molecular complexity index is 772. The topological polar surface area (TPSA) is 35.8 Å². The fourth-order valence-corrected chi connectivity index (χ4v) is 2.80. The molecule has 5 heteroatoms. The Hall–Kier alpha value is -2.92. The molecular formula is C19H20N3O2+. The van der Waals surface area contributed by atoms with Crippen LogP contribution in [0.2, 0.25) is 0 Å². The highest BCUT2D eigenvalue weighted by atomic mass is 16.7. The van der Waals surface area contributed by atoms with Crippen LogP contribution in [0.4, 0.5) is 5.69 Å². The smallest absolute Gasteiger partial charge is 0.275 e. The Morgan fingerprint density at radius 1 is 1.17 bits per heavy atom. The number of amides is 1. The quantitative estimate of drug-likeness (QED) is 0.812. The van der Waals surface area contributed by atoms with Crippen LogP contribution in [0, 0.1) is 0 Å². The van der Waals surface area contributed by atoms with Gasteiger partial charge in [-0.2, -0.15) is 0 Å². The molecule has 0 aliphatic carbocycles. The van der Waals surface area contributed by atoms with Crippen LogP contribution in [0.1, 0.15) is 12.5 Å². The zero-order valence-electron chi connectivity index (χ0n) is 13.8. The first-order valence-corrected chi connectivity index (χ1v) is 7.72. The Morgan fingerprint density at radius 3 is 2.29 bits per heavy atom. The summed E-state index contributed by atoms with van der Waals surface area (Å²) in [5.74, 6) is 0.731. The van der Waals surface area contributed by atoms with Crippen molar-refractivity contribution in [3.05, 3.63) is 79.0 Å². The number of anilines is 1. The minimum absolute atomic E-state index is 0.101. The number of hydrogen-bond acceptors (Lipinski definition) is 3. The van der Waals surface area contributed by atoms with Crippen molar-refractivity contribution >= 4 is 17.4 Å². The SMILES string of the molecule is C=CN1OC(N(C(C)=O)c2ccccc2)[N+](C)=C1c1ccccc1. The van der Waals surface area contributed by atoms with Gasteiger partial charge >= 0.3 is 12.2 Å². The summed E-state index contributed by atoms with van der Waals surface area (Å²) in [5.41, 5.74) is 1.76. The predicted octanol–water partition coefficient (Wildman–Crippen LogP) is 2.80. The number of benzene rings is 2. The Labute approximate surface area is 141 Å². The first kappa shape index (κ1) is 16.0. The second kappa shape index (κ2) is 6.68. The molecule has 2 aromatic rings. The molecule has 3 rings (SSSR count). The average molecular weight is 322 g/mol. The van der Waals surface area contributed by atoms with Gasteiger partial charge in [-0.25, -0.2) is 9.48 Å². The summed E-state index contributed by atoms with van der Waals surface area (Å²) in [4.78, 5) is 19.9. The van der Waals surface area contributed by atoms with E-state index in [1.54, 1.807) is 16.2 Å². The lowest BCUT2D eigenvalue weighted by Crippen LogP contribution is -2.45. The van der Waals surface area contributed by atoms with Crippen molar-refractivity contribution in [2.45, 2.75) is 13.3 Å². The van der Waals surface area contributed by atoms with Crippen LogP contribution in [0.15, 0.2) is 73.4 Å². The van der Waals surface area contributed by atoms with E-state index in [1.807, 2.05) is 72.3 Å². The van der Waals surface area contributed by atoms with Crippen LogP contribution in [0.3, 0.4) is 0 Å². The van der Waals surface area contributed by atoms with Crippen molar-refractivity contribution in [1.82, 2.24) is 5.06 Å². The summed E-state index contributed by atoms with van der Waals surface area (Å²) in [5, 5.41) is 1.60. The number of hydrogen-bond donors (Lipinski definition) is 0. The molecule has 0 N–H and O–H groups in total. The molecule has 1 unspecified atom stereocenters. The molecule has 0 radical (unpaired) electrons. The van der Waals surface area contributed by atoms with Crippen LogP contribution in [-0.4, -0.2) is 34.8 Å². The number of nitrogens with zero attached hydrogens (tertiary/aromatic N) is 3. The zero-order valence-corrected chi connectivity index (χ0v) is 13.8. The zero-order chi connectivity index (χ0) is 17.1. The molecule has 0 fully saturated rings. The Kier molecular flexibility index (Phi) is 4.44. The van der Waals surface area contributed by atoms with E-state index in [-0.39, 0.29) is 5.91 Å². The molecule has 0 spiro atoms. The lowest BCUT2D eigenvalue weighted by Gasteiger charge is -2.24. The number of hydroxylamine groups is 2. The third-order valence-electron chi connectivity index (χ3n) is 3.87. The van der Waals surface area contributed by atoms with E-state index in [2.05, 4.69) is 6.58 Å². The van der Waals surface area contributed by atoms with E-state index >= 15 is 0 Å². The number of rotatable bonds is 4. The van der Waals surface area contributed by atoms with Crippen molar-refractivity contribution < 1.29 is 14.2 Å². The molecule has 0 saturated heterocycles. The Morgan fingerprint density at radius 2 is 1.75 bits per heavy atom. The molecule has 2 aromatic carbocycles. The second-order valence-corrected chi connectivity index (χ2v) is 5.47. The van der Waals surface area contributed by atoms with Crippen LogP contribution in [0.5, 0.6) is 0 Å². The number of carbonyl (C=O) groups excluding carboxylic acids is 1. The van der Waals surface area contributed by atoms with Gasteiger partial charge in [0.2, 0.25) is 5.91 Å². The van der Waals surface area contributed by atoms with Gasteiger partial charge in [-0.3, -0.25) is 4.79 Å². The lowest BCUT2D eigenvalue weighted by atomic mass is 10.2. The van der Waals surface area contributed by atoms with Crippen LogP contribution < -0.4 is 4.90 Å². The third kappa shape index (κ3) is 2.81. The van der Waals surface area contributed by atoms with Crippen molar-refractivity contribution in [1.29, 1.82) is 0 Å². The Balaban J connectivity index is 2.06. The molecular weight excluding hydrogens is 302 g/mol. The van der Waals surface area contributed by atoms with E-state index in [0.717, 1.165) is 17.1 Å². The minimum Gasteiger partial charge on any atom is -0.275 e. The van der Waals surface area contributed by atoms with Crippen molar-refractivity contribution in [2.75, 3.05) is 11.9 Å². The van der Waals surface area contributed by atoms with Crippen LogP contribution >= 0.6 is 0 Å². The summed E-state index contributed by atoms with van der Waals surface area (Å²) in [6.07, 6.45) is 1.01. The van der Waals surface area contributed by atoms with Gasteiger partial charge in [0, 0.05) is 6.92 Å². The fraction of sp³-hybridized carbons (Fsp3) is 0.158. The van der Waals surface area contributed by atoms with Crippen LogP contribution in [-0.2, 0) is 9.63 Å². The van der Waals surface area contributed by atoms with Gasteiger partial charge in [-0.15, -0.1) is 4.84 Å². The molecule has 1 aliphatic heterocycles. The van der Waals surface area contributed by atoms with Gasteiger partial charge in [-0.1, -0.05) is 48.0 Å². The van der Waals surface area contributed by atoms with E-state index in [4.69, 9.17) is 4.84 Å². The van der Waals surface area contributed by atoms with E-state index in [1.165, 1.54) is 6.92 Å². The molecule has 1 aliphatic rings. The lowest BCUT2D eigenvalue weighted by molar-refractivity contribution is -0.571. The van der Waals surface area contributed by atoms with Crippen molar-refractivity contribution in [2.24, 2.45) is 0 Å². The summed E-state index contributed by atoms with van der Waals surface area (Å²) in [6.45, 7) is 5.34. The van der Waals surface area contributed by atoms with Crippen molar-refractivity contribution in [3.8, 4) is 0 Å². The first-order chi connectivity index (χ1) is 11.6. The van der Waals surface area contributed by atoms with Gasteiger partial charge in [0.25, 0.3) is 0 Å². The summed E-state index contributed by atoms with van der Waals surface area (Å²) >= 11 is 0. The first-order valence-electron chi connectivity index (χ1n) is 7.72. The maximum absolute atomic E-state index is 12.3. The molecule has 1 atom stereocenters. The highest BCUT2D eigenvalue weighted by molar-refractivity contribution is 5.96. The molecule has 1 amide bonds. The monoisotopic (exact) mass is 322 g/mol. The van der Waals surface area contributed by atoms with E-state index in [9.17, 15) is 4.79 Å². The van der Waals surface area contributed by atoms with Gasteiger partial charge in [-0.05, 0) is 24.3 Å². The largest absolute Gasteiger partial charge is 0.329 e. The van der Waals surface area contributed by atoms with Gasteiger partial charge in [0.05, 0.1) is 18.3 Å². The molecule has 0 bridgehead atoms. The van der Waals surface area contributed by atoms with Gasteiger partial charge < -0.3 is 0 Å². The normalized spacial score (nSPS) is 17.1. The summed E-state index contributed by atoms with van der Waals surface area (Å²) < 4.78 is 1.92. The number of carbonyl (C=O) groups is 1. The number of para-hydroxylation sites is 1. The fourth-order valence-electron chi connectivity index (χ4n) is 2.80. The molecule has 24 heavy (non-hydrogen) atoms. The molecule has 1 heterocycles. The van der Waals surface area contributed by atoms with Crippen molar-refractivity contribution in [3.63, 3.8) is 0 Å². The standard InChI is InChI=1S/C19H20N3O2/c1-4-21-18(16-11-7-5-8-12-16)20(3)19(24-21)22(15(2)23)17-13-9-6-10-14-17/h4-14,19H,1H2,2-3H3/q+1. The summed E-state index contributed by atoms with van der Waals surface area (Å²) in [7, 11) is 1.90. The highest BCUT2D eigenvalue weighted by Gasteiger charge is 2.43. The third-order valence-corrected chi connectivity index (χ3v) is 3.87. The van der Waals surface area contributed by atoms with Gasteiger partial charge in [0.1, 0.15) is 6.20 Å². The maximum Gasteiger partial charge on any atom is 0.329 e. The predicted molar refractivity (Wildman–Crippen MR) is 93.2 cm³/mol. The second-order valence-electron chi connectivity index (χ2n) is 5.47. The molecule has 0 aromatic heterocycles. The average Bonchev–Trinajstić information content (AvgIpc) is 2.93. The molecule has 0 saturated carbocycles. The minimum atomic E-state index is -0.585. The van der Waals surface area contributed by atoms with E-state index < -0.39 is 6.35 Å². The molecule has 122 valence electrons. The van der Waals surface area contributed by atoms with Crippen LogP contribution in [0.25, 0.3) is 0 Å². The molecule has 5 nitrogen and oxygen atoms in total. The van der Waals surface area contributed by atoms with Gasteiger partial charge in [0.15, 0.2) is 0 Å². The van der Waals surface area contributed by atoms with E-state index in [0.29, 0.717) is 0 Å².